The van der Waals surface area contributed by atoms with E-state index in [1.165, 1.54) is 39.0 Å². The van der Waals surface area contributed by atoms with Crippen LogP contribution in [0, 0.1) is 0 Å². The number of benzene rings is 2. The predicted molar refractivity (Wildman–Crippen MR) is 252 cm³/mol. The Kier molecular flexibility index (Phi) is 18.6. The van der Waals surface area contributed by atoms with Gasteiger partial charge in [0.05, 0.1) is 32.2 Å². The van der Waals surface area contributed by atoms with Crippen molar-refractivity contribution in [3.63, 3.8) is 0 Å². The summed E-state index contributed by atoms with van der Waals surface area (Å²) in [7, 11) is 0. The molecule has 1 N–H and O–H groups in total. The minimum atomic E-state index is -0.808. The molecule has 12 nitrogen and oxygen atoms in total. The molecule has 0 radical (unpaired) electrons. The molecule has 63 heavy (non-hydrogen) atoms. The summed E-state index contributed by atoms with van der Waals surface area (Å²) in [6.45, 7) is 23.3. The van der Waals surface area contributed by atoms with Crippen molar-refractivity contribution in [3.8, 4) is 11.5 Å². The maximum Gasteiger partial charge on any atom is 0.411 e. The monoisotopic (exact) mass is 1010 g/mol. The van der Waals surface area contributed by atoms with E-state index in [-0.39, 0.29) is 36.3 Å². The number of hydrogen-bond donors (Lipinski definition) is 1. The van der Waals surface area contributed by atoms with E-state index in [9.17, 15) is 24.3 Å². The Morgan fingerprint density at radius 2 is 1.16 bits per heavy atom. The second-order valence-corrected chi connectivity index (χ2v) is 21.4. The highest BCUT2D eigenvalue weighted by Gasteiger charge is 2.46. The van der Waals surface area contributed by atoms with Crippen molar-refractivity contribution in [2.45, 2.75) is 181 Å². The van der Waals surface area contributed by atoms with Crippen LogP contribution in [-0.4, -0.2) is 95.0 Å². The highest BCUT2D eigenvalue weighted by Crippen LogP contribution is 2.44. The molecular formula is C49H72Br2N2O10. The molecule has 4 aliphatic heterocycles. The van der Waals surface area contributed by atoms with Gasteiger partial charge in [-0.2, -0.15) is 0 Å². The van der Waals surface area contributed by atoms with Crippen LogP contribution in [0.4, 0.5) is 9.59 Å². The van der Waals surface area contributed by atoms with Crippen molar-refractivity contribution in [2.24, 2.45) is 0 Å². The van der Waals surface area contributed by atoms with Crippen LogP contribution in [0.15, 0.2) is 33.2 Å². The summed E-state index contributed by atoms with van der Waals surface area (Å²) in [5.74, 6) is 0.936. The lowest BCUT2D eigenvalue weighted by Crippen LogP contribution is -2.53. The summed E-state index contributed by atoms with van der Waals surface area (Å²) in [6, 6.07) is 7.52. The molecule has 4 atom stereocenters. The average Bonchev–Trinajstić information content (AvgIpc) is 3.17. The predicted octanol–water partition coefficient (Wildman–Crippen LogP) is 11.5. The third-order valence-electron chi connectivity index (χ3n) is 11.7. The molecule has 2 aromatic rings. The molecule has 6 rings (SSSR count). The minimum absolute atomic E-state index is 0.0110. The zero-order valence-corrected chi connectivity index (χ0v) is 42.7. The normalized spacial score (nSPS) is 23.4. The molecule has 0 bridgehead atoms. The van der Waals surface area contributed by atoms with Gasteiger partial charge in [0, 0.05) is 39.1 Å². The Labute approximate surface area is 392 Å². The molecule has 0 saturated carbocycles. The molecule has 2 fully saturated rings. The molecule has 0 aliphatic carbocycles. The van der Waals surface area contributed by atoms with Crippen molar-refractivity contribution < 1.29 is 48.0 Å². The summed E-state index contributed by atoms with van der Waals surface area (Å²) < 4.78 is 29.8. The van der Waals surface area contributed by atoms with Gasteiger partial charge in [-0.25, -0.2) is 9.59 Å². The number of Topliss-reactive ketones (excluding diaryl/α,β-unsaturated/α-hetero) is 2. The van der Waals surface area contributed by atoms with Crippen LogP contribution in [0.2, 0.25) is 0 Å². The van der Waals surface area contributed by atoms with Crippen molar-refractivity contribution in [3.05, 3.63) is 55.5 Å². The zero-order valence-electron chi connectivity index (χ0n) is 39.5. The molecule has 14 heteroatoms. The van der Waals surface area contributed by atoms with Gasteiger partial charge in [0.25, 0.3) is 0 Å². The lowest BCUT2D eigenvalue weighted by atomic mass is 9.79. The van der Waals surface area contributed by atoms with Crippen molar-refractivity contribution >= 4 is 55.6 Å². The van der Waals surface area contributed by atoms with Crippen LogP contribution < -0.4 is 4.74 Å². The number of carbonyl (C=O) groups excluding carboxylic acids is 4. The highest BCUT2D eigenvalue weighted by atomic mass is 79.9. The number of halogens is 2. The fraction of sp³-hybridized carbons (Fsp3) is 0.673. The number of phenolic OH excluding ortho intramolecular Hbond substituents is 1. The van der Waals surface area contributed by atoms with E-state index in [0.29, 0.717) is 43.1 Å². The molecule has 2 amide bonds. The fourth-order valence-corrected chi connectivity index (χ4v) is 9.60. The second-order valence-electron chi connectivity index (χ2n) is 19.7. The van der Waals surface area contributed by atoms with Gasteiger partial charge in [-0.15, -0.1) is 0 Å². The first-order valence-corrected chi connectivity index (χ1v) is 24.2. The van der Waals surface area contributed by atoms with E-state index in [0.717, 1.165) is 58.5 Å². The molecule has 4 unspecified atom stereocenters. The van der Waals surface area contributed by atoms with E-state index in [1.54, 1.807) is 28.9 Å². The molecule has 4 heterocycles. The number of rotatable bonds is 8. The van der Waals surface area contributed by atoms with E-state index in [2.05, 4.69) is 38.8 Å². The van der Waals surface area contributed by atoms with E-state index in [4.69, 9.17) is 23.7 Å². The topological polar surface area (TPSA) is 141 Å². The van der Waals surface area contributed by atoms with Crippen LogP contribution >= 0.6 is 31.9 Å². The van der Waals surface area contributed by atoms with Crippen LogP contribution in [-0.2, 0) is 52.5 Å². The number of amides is 2. The van der Waals surface area contributed by atoms with Gasteiger partial charge >= 0.3 is 12.2 Å². The standard InChI is InChI=1S/C24H34BrNO5.C18H24BrNO4.C7H14O/c1-16(27)14-24(5)19-13-20(25)21(30-15-18-8-6-7-11-29-18)12-17(19)9-10-26(24)22(28)31-23(2,3)4;1-11(21)10-18(5)13-9-14(19)15(22)8-12(13)6-7-20(18)16(23)24-17(2,3)4;1-2-7-5-3-4-6-8-7/h12-13,18H,6-11,14-15H2,1-5H3;8-9,22H,6-7,10H2,1-5H3;7H,2-6H2,1H3. The second kappa shape index (κ2) is 22.3. The molecule has 352 valence electrons. The number of hydrogen-bond acceptors (Lipinski definition) is 10. The van der Waals surface area contributed by atoms with E-state index < -0.39 is 34.5 Å². The smallest absolute Gasteiger partial charge is 0.411 e. The molecular weight excluding hydrogens is 936 g/mol. The first kappa shape index (κ1) is 52.4. The summed E-state index contributed by atoms with van der Waals surface area (Å²) in [4.78, 5) is 53.1. The van der Waals surface area contributed by atoms with Gasteiger partial charge < -0.3 is 28.8 Å². The molecule has 2 saturated heterocycles. The number of ketones is 2. The number of nitrogens with zero attached hydrogens (tertiary/aromatic N) is 2. The Morgan fingerprint density at radius 3 is 1.56 bits per heavy atom. The third kappa shape index (κ3) is 14.6. The minimum Gasteiger partial charge on any atom is -0.507 e. The largest absolute Gasteiger partial charge is 0.507 e. The van der Waals surface area contributed by atoms with Crippen LogP contribution in [0.5, 0.6) is 11.5 Å². The van der Waals surface area contributed by atoms with Gasteiger partial charge in [0.15, 0.2) is 0 Å². The third-order valence-corrected chi connectivity index (χ3v) is 13.0. The zero-order chi connectivity index (χ0) is 46.9. The Morgan fingerprint density at radius 1 is 0.714 bits per heavy atom. The van der Waals surface area contributed by atoms with Crippen molar-refractivity contribution in [1.29, 1.82) is 0 Å². The number of phenols is 1. The lowest BCUT2D eigenvalue weighted by Gasteiger charge is -2.46. The average molecular weight is 1010 g/mol. The van der Waals surface area contributed by atoms with Crippen molar-refractivity contribution in [2.75, 3.05) is 32.9 Å². The summed E-state index contributed by atoms with van der Waals surface area (Å²) in [6.07, 6.45) is 10.0. The van der Waals surface area contributed by atoms with E-state index >= 15 is 0 Å². The summed E-state index contributed by atoms with van der Waals surface area (Å²) in [5.41, 5.74) is 1.05. The highest BCUT2D eigenvalue weighted by molar-refractivity contribution is 9.11. The van der Waals surface area contributed by atoms with Gasteiger partial charge in [-0.1, -0.05) is 6.92 Å². The molecule has 4 aliphatic rings. The number of fused-ring (bicyclic) bond motifs is 2. The first-order chi connectivity index (χ1) is 29.4. The maximum atomic E-state index is 13.0. The van der Waals surface area contributed by atoms with Gasteiger partial charge in [-0.3, -0.25) is 19.4 Å². The van der Waals surface area contributed by atoms with Gasteiger partial charge in [0.2, 0.25) is 0 Å². The Balaban J connectivity index is 0.000000240. The fourth-order valence-electron chi connectivity index (χ4n) is 8.80. The van der Waals surface area contributed by atoms with Gasteiger partial charge in [0.1, 0.15) is 40.9 Å². The van der Waals surface area contributed by atoms with Gasteiger partial charge in [-0.05, 0) is 205 Å². The molecule has 2 aromatic carbocycles. The maximum absolute atomic E-state index is 13.0. The summed E-state index contributed by atoms with van der Waals surface area (Å²) >= 11 is 6.97. The number of ether oxygens (including phenoxy) is 5. The number of carbonyl (C=O) groups is 4. The Hall–Kier alpha value is -3.20. The SMILES string of the molecule is CC(=O)CC1(C)c2cc(Br)c(O)cc2CCN1C(=O)OC(C)(C)C.CC(=O)CC1(C)c2cc(Br)c(OCC3CCCCO3)cc2CCN1C(=O)OC(C)(C)C.CCC1CCCCO1. The first-order valence-electron chi connectivity index (χ1n) is 22.6. The summed E-state index contributed by atoms with van der Waals surface area (Å²) in [5, 5.41) is 9.94. The number of aromatic hydroxyl groups is 1. The van der Waals surface area contributed by atoms with Crippen LogP contribution in [0.25, 0.3) is 0 Å². The van der Waals surface area contributed by atoms with Crippen LogP contribution in [0.1, 0.15) is 156 Å². The van der Waals surface area contributed by atoms with Crippen molar-refractivity contribution in [1.82, 2.24) is 9.80 Å². The molecule has 0 spiro atoms. The quantitative estimate of drug-likeness (QED) is 0.272. The van der Waals surface area contributed by atoms with Crippen LogP contribution in [0.3, 0.4) is 0 Å². The van der Waals surface area contributed by atoms with E-state index in [1.807, 2.05) is 67.5 Å². The molecule has 0 aromatic heterocycles. The lowest BCUT2D eigenvalue weighted by molar-refractivity contribution is -0.121. The Bertz CT molecular complexity index is 1910.